The van der Waals surface area contributed by atoms with Crippen molar-refractivity contribution in [3.8, 4) is 0 Å². The maximum Gasteiger partial charge on any atom is 0.312 e. The van der Waals surface area contributed by atoms with Crippen LogP contribution in [-0.4, -0.2) is 65.6 Å². The topological polar surface area (TPSA) is 180 Å². The normalized spacial score (nSPS) is 16.2. The van der Waals surface area contributed by atoms with E-state index in [4.69, 9.17) is 5.73 Å². The van der Waals surface area contributed by atoms with Gasteiger partial charge in [0.15, 0.2) is 0 Å². The number of hydrogen-bond acceptors (Lipinski definition) is 6. The molecule has 2 unspecified atom stereocenters. The molecule has 0 spiro atoms. The first kappa shape index (κ1) is 34.2. The van der Waals surface area contributed by atoms with Crippen LogP contribution in [0.15, 0.2) is 24.3 Å². The van der Waals surface area contributed by atoms with Crippen molar-refractivity contribution in [2.24, 2.45) is 17.6 Å². The van der Waals surface area contributed by atoms with Gasteiger partial charge < -0.3 is 27.0 Å². The zero-order valence-electron chi connectivity index (χ0n) is 25.2. The number of carbonyl (C=O) groups excluding carboxylic acids is 6. The Morgan fingerprint density at radius 3 is 2.24 bits per heavy atom. The van der Waals surface area contributed by atoms with Crippen molar-refractivity contribution in [1.29, 1.82) is 0 Å². The summed E-state index contributed by atoms with van der Waals surface area (Å²) in [6.07, 6.45) is 3.73. The molecule has 42 heavy (non-hydrogen) atoms. The second-order valence-corrected chi connectivity index (χ2v) is 11.1. The van der Waals surface area contributed by atoms with E-state index in [9.17, 15) is 28.8 Å². The Hall–Kier alpha value is -3.96. The van der Waals surface area contributed by atoms with Crippen LogP contribution in [0.2, 0.25) is 0 Å². The van der Waals surface area contributed by atoms with Crippen molar-refractivity contribution in [2.45, 2.75) is 91.1 Å². The van der Waals surface area contributed by atoms with Gasteiger partial charge in [-0.3, -0.25) is 28.9 Å². The predicted octanol–water partition coefficient (Wildman–Crippen LogP) is 2.22. The standard InChI is InChI=1S/C30H46N6O6/c1-5-21-12-14-22(15-13-21)33-27(39)23(10-9-16-32-30(31)42)34-28(40)26(19(2)3)35-24(37)11-7-6-8-17-36-25(38)18-20(4)29(36)41/h12-15,19-20,23,26H,5-11,16-18H2,1-4H3,(H,33,39)(H,34,40)(H,35,37)(H3,31,32,42)/t20?,23-,26?/m0/s1. The maximum atomic E-state index is 13.3. The molecule has 1 aliphatic rings. The lowest BCUT2D eigenvalue weighted by Gasteiger charge is -2.25. The van der Waals surface area contributed by atoms with Gasteiger partial charge in [0.2, 0.25) is 29.5 Å². The SMILES string of the molecule is CCc1ccc(NC(=O)[C@H](CCCNC(N)=O)NC(=O)C(NC(=O)CCCCCN2C(=O)CC(C)C2=O)C(C)C)cc1. The minimum atomic E-state index is -0.907. The molecule has 12 heteroatoms. The van der Waals surface area contributed by atoms with Crippen molar-refractivity contribution in [3.05, 3.63) is 29.8 Å². The number of aryl methyl sites for hydroxylation is 1. The summed E-state index contributed by atoms with van der Waals surface area (Å²) in [6.45, 7) is 7.97. The van der Waals surface area contributed by atoms with Crippen LogP contribution in [0.5, 0.6) is 0 Å². The van der Waals surface area contributed by atoms with E-state index in [1.165, 1.54) is 4.90 Å². The fourth-order valence-electron chi connectivity index (χ4n) is 4.70. The lowest BCUT2D eigenvalue weighted by Crippen LogP contribution is -2.54. The number of anilines is 1. The Labute approximate surface area is 247 Å². The number of nitrogens with zero attached hydrogens (tertiary/aromatic N) is 1. The zero-order chi connectivity index (χ0) is 31.2. The van der Waals surface area contributed by atoms with Gasteiger partial charge in [-0.05, 0) is 55.7 Å². The molecule has 0 saturated carbocycles. The summed E-state index contributed by atoms with van der Waals surface area (Å²) in [5.74, 6) is -2.01. The number of hydrogen-bond donors (Lipinski definition) is 5. The Morgan fingerprint density at radius 1 is 0.976 bits per heavy atom. The van der Waals surface area contributed by atoms with E-state index in [1.54, 1.807) is 32.9 Å². The maximum absolute atomic E-state index is 13.3. The molecule has 12 nitrogen and oxygen atoms in total. The van der Waals surface area contributed by atoms with E-state index >= 15 is 0 Å². The van der Waals surface area contributed by atoms with Crippen molar-refractivity contribution >= 4 is 41.3 Å². The largest absolute Gasteiger partial charge is 0.352 e. The molecule has 1 aromatic rings. The Bertz CT molecular complexity index is 1110. The quantitative estimate of drug-likeness (QED) is 0.138. The summed E-state index contributed by atoms with van der Waals surface area (Å²) >= 11 is 0. The zero-order valence-corrected chi connectivity index (χ0v) is 25.2. The van der Waals surface area contributed by atoms with Crippen LogP contribution in [0.3, 0.4) is 0 Å². The number of primary amides is 1. The van der Waals surface area contributed by atoms with Gasteiger partial charge >= 0.3 is 6.03 Å². The first-order valence-corrected chi connectivity index (χ1v) is 14.8. The number of benzene rings is 1. The number of carbonyl (C=O) groups is 6. The summed E-state index contributed by atoms with van der Waals surface area (Å²) in [4.78, 5) is 75.3. The van der Waals surface area contributed by atoms with E-state index in [0.717, 1.165) is 12.0 Å². The summed E-state index contributed by atoms with van der Waals surface area (Å²) in [5, 5.41) is 10.9. The van der Waals surface area contributed by atoms with Gasteiger partial charge in [0, 0.05) is 37.5 Å². The van der Waals surface area contributed by atoms with Gasteiger partial charge in [0.05, 0.1) is 0 Å². The van der Waals surface area contributed by atoms with Crippen LogP contribution < -0.4 is 27.0 Å². The smallest absolute Gasteiger partial charge is 0.312 e. The van der Waals surface area contributed by atoms with E-state index in [-0.39, 0.29) is 55.4 Å². The van der Waals surface area contributed by atoms with Crippen molar-refractivity contribution in [2.75, 3.05) is 18.4 Å². The molecule has 232 valence electrons. The molecule has 0 aromatic heterocycles. The van der Waals surface area contributed by atoms with Crippen molar-refractivity contribution in [1.82, 2.24) is 20.9 Å². The first-order valence-electron chi connectivity index (χ1n) is 14.8. The van der Waals surface area contributed by atoms with Crippen molar-refractivity contribution < 1.29 is 28.8 Å². The molecule has 0 bridgehead atoms. The molecular weight excluding hydrogens is 540 g/mol. The fraction of sp³-hybridized carbons (Fsp3) is 0.600. The van der Waals surface area contributed by atoms with Gasteiger partial charge in [-0.15, -0.1) is 0 Å². The van der Waals surface area contributed by atoms with Gasteiger partial charge in [-0.1, -0.05) is 46.2 Å². The van der Waals surface area contributed by atoms with Crippen molar-refractivity contribution in [3.63, 3.8) is 0 Å². The highest BCUT2D eigenvalue weighted by molar-refractivity contribution is 6.03. The van der Waals surface area contributed by atoms with Gasteiger partial charge in [0.25, 0.3) is 0 Å². The van der Waals surface area contributed by atoms with Crippen LogP contribution in [-0.2, 0) is 30.4 Å². The third kappa shape index (κ3) is 11.1. The molecule has 1 heterocycles. The summed E-state index contributed by atoms with van der Waals surface area (Å²) in [5.41, 5.74) is 6.84. The molecule has 1 aromatic carbocycles. The monoisotopic (exact) mass is 586 g/mol. The predicted molar refractivity (Wildman–Crippen MR) is 159 cm³/mol. The second kappa shape index (κ2) is 17.1. The highest BCUT2D eigenvalue weighted by Gasteiger charge is 2.35. The molecule has 0 radical (unpaired) electrons. The number of amides is 7. The van der Waals surface area contributed by atoms with E-state index in [0.29, 0.717) is 37.9 Å². The van der Waals surface area contributed by atoms with Gasteiger partial charge in [0.1, 0.15) is 12.1 Å². The van der Waals surface area contributed by atoms with Gasteiger partial charge in [-0.25, -0.2) is 4.79 Å². The number of nitrogens with one attached hydrogen (secondary N) is 4. The van der Waals surface area contributed by atoms with Crippen LogP contribution in [0, 0.1) is 11.8 Å². The Morgan fingerprint density at radius 2 is 1.67 bits per heavy atom. The molecule has 1 aliphatic heterocycles. The van der Waals surface area contributed by atoms with Crippen LogP contribution in [0.25, 0.3) is 0 Å². The minimum absolute atomic E-state index is 0.144. The van der Waals surface area contributed by atoms with E-state index in [1.807, 2.05) is 19.1 Å². The highest BCUT2D eigenvalue weighted by Crippen LogP contribution is 2.19. The summed E-state index contributed by atoms with van der Waals surface area (Å²) in [7, 11) is 0. The Balaban J connectivity index is 1.91. The molecule has 2 rings (SSSR count). The number of unbranched alkanes of at least 4 members (excludes halogenated alkanes) is 2. The number of rotatable bonds is 17. The number of nitrogens with two attached hydrogens (primary N) is 1. The molecule has 6 N–H and O–H groups in total. The van der Waals surface area contributed by atoms with Crippen LogP contribution in [0.4, 0.5) is 10.5 Å². The summed E-state index contributed by atoms with van der Waals surface area (Å²) < 4.78 is 0. The first-order chi connectivity index (χ1) is 19.9. The third-order valence-corrected chi connectivity index (χ3v) is 7.25. The lowest BCUT2D eigenvalue weighted by atomic mass is 10.0. The lowest BCUT2D eigenvalue weighted by molar-refractivity contribution is -0.139. The van der Waals surface area contributed by atoms with Crippen LogP contribution in [0.1, 0.15) is 78.2 Å². The highest BCUT2D eigenvalue weighted by atomic mass is 16.2. The minimum Gasteiger partial charge on any atom is -0.352 e. The average molecular weight is 587 g/mol. The summed E-state index contributed by atoms with van der Waals surface area (Å²) in [6, 6.07) is 4.97. The molecular formula is C30H46N6O6. The number of imide groups is 1. The number of likely N-dealkylation sites (tertiary alicyclic amines) is 1. The second-order valence-electron chi connectivity index (χ2n) is 11.1. The third-order valence-electron chi connectivity index (χ3n) is 7.25. The number of urea groups is 1. The average Bonchev–Trinajstić information content (AvgIpc) is 3.18. The molecule has 1 saturated heterocycles. The van der Waals surface area contributed by atoms with Crippen LogP contribution >= 0.6 is 0 Å². The molecule has 7 amide bonds. The van der Waals surface area contributed by atoms with Gasteiger partial charge in [-0.2, -0.15) is 0 Å². The van der Waals surface area contributed by atoms with E-state index < -0.39 is 29.9 Å². The molecule has 1 fully saturated rings. The Kier molecular flexibility index (Phi) is 13.9. The molecule has 0 aliphatic carbocycles. The van der Waals surface area contributed by atoms with E-state index in [2.05, 4.69) is 21.3 Å². The fourth-order valence-corrected chi connectivity index (χ4v) is 4.70. The molecule has 3 atom stereocenters.